The first-order chi connectivity index (χ1) is 15.5. The van der Waals surface area contributed by atoms with Crippen molar-refractivity contribution in [3.8, 4) is 0 Å². The monoisotopic (exact) mass is 433 g/mol. The Bertz CT molecular complexity index is 1010. The van der Waals surface area contributed by atoms with Gasteiger partial charge in [-0.2, -0.15) is 5.10 Å². The standard InChI is InChI=1S/C26H31N3O3/c1-18-9-10-22(15-19(18)2)23-16-24(20-7-5-4-6-8-20)29(27-23)25(30)17-28(13-14-32-3)26(31)21-11-12-21/h4-10,15,21,24H,11-14,16-17H2,1-3H3/t24-/m1/s1. The SMILES string of the molecule is COCCN(CC(=O)N1N=C(c2ccc(C)c(C)c2)C[C@@H]1c1ccccc1)C(=O)C1CC1. The molecule has 1 aliphatic heterocycles. The number of benzene rings is 2. The van der Waals surface area contributed by atoms with E-state index in [1.54, 1.807) is 17.0 Å². The largest absolute Gasteiger partial charge is 0.383 e. The highest BCUT2D eigenvalue weighted by Crippen LogP contribution is 2.34. The Morgan fingerprint density at radius 1 is 1.09 bits per heavy atom. The van der Waals surface area contributed by atoms with Crippen molar-refractivity contribution in [2.45, 2.75) is 39.2 Å². The summed E-state index contributed by atoms with van der Waals surface area (Å²) in [6.07, 6.45) is 2.46. The molecule has 0 saturated heterocycles. The number of carbonyl (C=O) groups excluding carboxylic acids is 2. The number of aryl methyl sites for hydroxylation is 2. The van der Waals surface area contributed by atoms with Crippen molar-refractivity contribution in [1.82, 2.24) is 9.91 Å². The first-order valence-electron chi connectivity index (χ1n) is 11.3. The number of rotatable bonds is 8. The zero-order valence-electron chi connectivity index (χ0n) is 19.1. The minimum Gasteiger partial charge on any atom is -0.383 e. The molecule has 2 aromatic rings. The molecule has 168 valence electrons. The second-order valence-electron chi connectivity index (χ2n) is 8.74. The number of ether oxygens (including phenoxy) is 1. The van der Waals surface area contributed by atoms with Gasteiger partial charge in [0.05, 0.1) is 18.4 Å². The molecule has 2 amide bonds. The Morgan fingerprint density at radius 3 is 2.50 bits per heavy atom. The van der Waals surface area contributed by atoms with E-state index < -0.39 is 0 Å². The molecule has 1 saturated carbocycles. The highest BCUT2D eigenvalue weighted by molar-refractivity contribution is 6.03. The van der Waals surface area contributed by atoms with Crippen LogP contribution < -0.4 is 0 Å². The minimum absolute atomic E-state index is 0.0196. The summed E-state index contributed by atoms with van der Waals surface area (Å²) >= 11 is 0. The third-order valence-electron chi connectivity index (χ3n) is 6.32. The molecule has 0 bridgehead atoms. The molecule has 0 N–H and O–H groups in total. The Hall–Kier alpha value is -2.99. The number of hydrogen-bond acceptors (Lipinski definition) is 4. The van der Waals surface area contributed by atoms with E-state index in [0.717, 1.165) is 29.7 Å². The van der Waals surface area contributed by atoms with Crippen LogP contribution in [0, 0.1) is 19.8 Å². The predicted octanol–water partition coefficient (Wildman–Crippen LogP) is 3.87. The van der Waals surface area contributed by atoms with Crippen LogP contribution in [0.4, 0.5) is 0 Å². The van der Waals surface area contributed by atoms with Crippen LogP contribution in [0.25, 0.3) is 0 Å². The maximum Gasteiger partial charge on any atom is 0.262 e. The molecule has 0 spiro atoms. The molecular weight excluding hydrogens is 402 g/mol. The average Bonchev–Trinajstić information content (AvgIpc) is 3.56. The van der Waals surface area contributed by atoms with E-state index in [2.05, 4.69) is 32.0 Å². The summed E-state index contributed by atoms with van der Waals surface area (Å²) in [4.78, 5) is 27.8. The number of nitrogens with zero attached hydrogens (tertiary/aromatic N) is 3. The van der Waals surface area contributed by atoms with Crippen molar-refractivity contribution in [2.75, 3.05) is 26.8 Å². The first-order valence-corrected chi connectivity index (χ1v) is 11.3. The second-order valence-corrected chi connectivity index (χ2v) is 8.74. The smallest absolute Gasteiger partial charge is 0.262 e. The van der Waals surface area contributed by atoms with E-state index >= 15 is 0 Å². The fraction of sp³-hybridized carbons (Fsp3) is 0.423. The molecule has 1 aliphatic carbocycles. The molecule has 2 aliphatic rings. The van der Waals surface area contributed by atoms with Crippen LogP contribution in [0.15, 0.2) is 53.6 Å². The molecule has 6 heteroatoms. The summed E-state index contributed by atoms with van der Waals surface area (Å²) in [5.74, 6) is -0.0650. The lowest BCUT2D eigenvalue weighted by molar-refractivity contribution is -0.142. The normalized spacial score (nSPS) is 17.9. The van der Waals surface area contributed by atoms with Gasteiger partial charge in [-0.05, 0) is 55.0 Å². The Balaban J connectivity index is 1.60. The van der Waals surface area contributed by atoms with Crippen LogP contribution in [0.3, 0.4) is 0 Å². The van der Waals surface area contributed by atoms with E-state index in [4.69, 9.17) is 9.84 Å². The van der Waals surface area contributed by atoms with Crippen LogP contribution in [0.1, 0.15) is 47.6 Å². The van der Waals surface area contributed by atoms with Crippen LogP contribution in [0.2, 0.25) is 0 Å². The molecule has 1 heterocycles. The maximum atomic E-state index is 13.4. The quantitative estimate of drug-likeness (QED) is 0.635. The summed E-state index contributed by atoms with van der Waals surface area (Å²) in [6.45, 7) is 5.01. The van der Waals surface area contributed by atoms with Gasteiger partial charge in [0.15, 0.2) is 0 Å². The highest BCUT2D eigenvalue weighted by atomic mass is 16.5. The summed E-state index contributed by atoms with van der Waals surface area (Å²) < 4.78 is 5.17. The van der Waals surface area contributed by atoms with Crippen molar-refractivity contribution in [2.24, 2.45) is 11.0 Å². The summed E-state index contributed by atoms with van der Waals surface area (Å²) in [5, 5.41) is 6.35. The lowest BCUT2D eigenvalue weighted by atomic mass is 9.96. The van der Waals surface area contributed by atoms with Gasteiger partial charge in [-0.25, -0.2) is 5.01 Å². The van der Waals surface area contributed by atoms with Gasteiger partial charge in [-0.3, -0.25) is 9.59 Å². The van der Waals surface area contributed by atoms with E-state index in [-0.39, 0.29) is 30.3 Å². The molecule has 1 fully saturated rings. The van der Waals surface area contributed by atoms with Crippen molar-refractivity contribution in [3.05, 3.63) is 70.8 Å². The van der Waals surface area contributed by atoms with Gasteiger partial charge >= 0.3 is 0 Å². The highest BCUT2D eigenvalue weighted by Gasteiger charge is 2.37. The summed E-state index contributed by atoms with van der Waals surface area (Å²) in [7, 11) is 1.60. The number of methoxy groups -OCH3 is 1. The number of hydrogen-bond donors (Lipinski definition) is 0. The topological polar surface area (TPSA) is 62.2 Å². The van der Waals surface area contributed by atoms with Gasteiger partial charge in [0.1, 0.15) is 6.54 Å². The third-order valence-corrected chi connectivity index (χ3v) is 6.32. The van der Waals surface area contributed by atoms with Gasteiger partial charge in [-0.15, -0.1) is 0 Å². The van der Waals surface area contributed by atoms with Crippen molar-refractivity contribution in [1.29, 1.82) is 0 Å². The summed E-state index contributed by atoms with van der Waals surface area (Å²) in [5.41, 5.74) is 5.40. The van der Waals surface area contributed by atoms with Crippen LogP contribution >= 0.6 is 0 Å². The van der Waals surface area contributed by atoms with E-state index in [1.807, 2.05) is 30.3 Å². The molecule has 0 unspecified atom stereocenters. The van der Waals surface area contributed by atoms with Crippen molar-refractivity contribution < 1.29 is 14.3 Å². The van der Waals surface area contributed by atoms with Crippen LogP contribution in [-0.2, 0) is 14.3 Å². The predicted molar refractivity (Wildman–Crippen MR) is 124 cm³/mol. The van der Waals surface area contributed by atoms with Crippen molar-refractivity contribution in [3.63, 3.8) is 0 Å². The number of hydrazone groups is 1. The molecule has 2 aromatic carbocycles. The first kappa shape index (κ1) is 22.2. The zero-order valence-corrected chi connectivity index (χ0v) is 19.1. The lowest BCUT2D eigenvalue weighted by Gasteiger charge is -2.27. The Kier molecular flexibility index (Phi) is 6.70. The van der Waals surface area contributed by atoms with Gasteiger partial charge in [0.2, 0.25) is 5.91 Å². The number of carbonyl (C=O) groups is 2. The summed E-state index contributed by atoms with van der Waals surface area (Å²) in [6, 6.07) is 16.1. The lowest BCUT2D eigenvalue weighted by Crippen LogP contribution is -2.43. The average molecular weight is 434 g/mol. The van der Waals surface area contributed by atoms with Gasteiger partial charge in [0, 0.05) is 26.0 Å². The van der Waals surface area contributed by atoms with Gasteiger partial charge in [-0.1, -0.05) is 42.5 Å². The molecule has 4 rings (SSSR count). The molecule has 6 nitrogen and oxygen atoms in total. The van der Waals surface area contributed by atoms with Crippen LogP contribution in [0.5, 0.6) is 0 Å². The second kappa shape index (κ2) is 9.65. The molecular formula is C26H31N3O3. The zero-order chi connectivity index (χ0) is 22.7. The maximum absolute atomic E-state index is 13.4. The van der Waals surface area contributed by atoms with Crippen LogP contribution in [-0.4, -0.2) is 54.2 Å². The van der Waals surface area contributed by atoms with Gasteiger partial charge < -0.3 is 9.64 Å². The van der Waals surface area contributed by atoms with E-state index in [0.29, 0.717) is 19.6 Å². The Morgan fingerprint density at radius 2 is 1.84 bits per heavy atom. The molecule has 32 heavy (non-hydrogen) atoms. The molecule has 0 radical (unpaired) electrons. The fourth-order valence-electron chi connectivity index (χ4n) is 4.06. The van der Waals surface area contributed by atoms with Gasteiger partial charge in [0.25, 0.3) is 5.91 Å². The van der Waals surface area contributed by atoms with Crippen molar-refractivity contribution >= 4 is 17.5 Å². The fourth-order valence-corrected chi connectivity index (χ4v) is 4.06. The minimum atomic E-state index is -0.180. The van der Waals surface area contributed by atoms with E-state index in [9.17, 15) is 9.59 Å². The molecule has 0 aromatic heterocycles. The Labute approximate surface area is 189 Å². The molecule has 1 atom stereocenters. The number of amides is 2. The third kappa shape index (κ3) is 4.91. The van der Waals surface area contributed by atoms with E-state index in [1.165, 1.54) is 11.1 Å².